The molecule has 10 nitrogen and oxygen atoms in total. The lowest BCUT2D eigenvalue weighted by Crippen LogP contribution is -2.49. The summed E-state index contributed by atoms with van der Waals surface area (Å²) in [5.41, 5.74) is -0.0360. The number of hydrogen-bond acceptors (Lipinski definition) is 8. The van der Waals surface area contributed by atoms with Crippen molar-refractivity contribution in [2.45, 2.75) is 0 Å². The second kappa shape index (κ2) is 9.48. The number of hydrogen-bond donors (Lipinski definition) is 0. The van der Waals surface area contributed by atoms with Crippen molar-refractivity contribution in [2.24, 2.45) is 0 Å². The van der Waals surface area contributed by atoms with E-state index < -0.39 is 4.92 Å². The number of nitro benzene ring substituents is 1. The van der Waals surface area contributed by atoms with E-state index in [1.54, 1.807) is 18.1 Å². The molecule has 2 aromatic rings. The summed E-state index contributed by atoms with van der Waals surface area (Å²) in [6.45, 7) is 2.84. The van der Waals surface area contributed by atoms with Crippen LogP contribution in [0.1, 0.15) is 10.4 Å². The maximum atomic E-state index is 12.8. The number of nitro groups is 1. The highest BCUT2D eigenvalue weighted by atomic mass is 35.5. The van der Waals surface area contributed by atoms with Crippen LogP contribution in [0, 0.1) is 10.1 Å². The minimum atomic E-state index is -0.549. The van der Waals surface area contributed by atoms with Gasteiger partial charge in [0, 0.05) is 51.5 Å². The molecule has 0 aliphatic carbocycles. The fourth-order valence-corrected chi connectivity index (χ4v) is 3.09. The minimum Gasteiger partial charge on any atom is -0.474 e. The third-order valence-corrected chi connectivity index (χ3v) is 4.78. The monoisotopic (exact) mass is 421 g/mol. The summed E-state index contributed by atoms with van der Waals surface area (Å²) in [5.74, 6) is 0.774. The molecule has 0 atom stereocenters. The molecule has 3 rings (SSSR count). The molecule has 1 aliphatic heterocycles. The Morgan fingerprint density at radius 2 is 1.93 bits per heavy atom. The molecule has 0 unspecified atom stereocenters. The number of ether oxygens (including phenoxy) is 2. The van der Waals surface area contributed by atoms with Gasteiger partial charge in [-0.25, -0.2) is 0 Å². The summed E-state index contributed by atoms with van der Waals surface area (Å²) in [5, 5.41) is 19.4. The molecule has 1 fully saturated rings. The van der Waals surface area contributed by atoms with Gasteiger partial charge in [0.2, 0.25) is 5.88 Å². The Hall–Kier alpha value is -2.98. The highest BCUT2D eigenvalue weighted by molar-refractivity contribution is 6.33. The molecule has 0 radical (unpaired) electrons. The normalized spacial score (nSPS) is 14.0. The molecule has 1 amide bonds. The first-order valence-corrected chi connectivity index (χ1v) is 9.31. The van der Waals surface area contributed by atoms with Crippen LogP contribution in [0.5, 0.6) is 5.88 Å². The molecule has 0 bridgehead atoms. The number of anilines is 1. The van der Waals surface area contributed by atoms with Crippen LogP contribution >= 0.6 is 11.6 Å². The molecular formula is C18H20ClN5O5. The topological polar surface area (TPSA) is 111 Å². The van der Waals surface area contributed by atoms with Crippen LogP contribution in [0.2, 0.25) is 5.02 Å². The molecular weight excluding hydrogens is 402 g/mol. The molecule has 1 aromatic carbocycles. The highest BCUT2D eigenvalue weighted by Crippen LogP contribution is 2.24. The van der Waals surface area contributed by atoms with Gasteiger partial charge in [0.25, 0.3) is 11.6 Å². The second-order valence-corrected chi connectivity index (χ2v) is 6.68. The average Bonchev–Trinajstić information content (AvgIpc) is 2.74. The second-order valence-electron chi connectivity index (χ2n) is 6.27. The van der Waals surface area contributed by atoms with Crippen LogP contribution in [0.3, 0.4) is 0 Å². The molecule has 0 N–H and O–H groups in total. The molecule has 0 spiro atoms. The third kappa shape index (κ3) is 5.09. The average molecular weight is 422 g/mol. The lowest BCUT2D eigenvalue weighted by molar-refractivity contribution is -0.384. The number of amides is 1. The molecule has 1 aromatic heterocycles. The van der Waals surface area contributed by atoms with Gasteiger partial charge >= 0.3 is 0 Å². The van der Waals surface area contributed by atoms with Crippen molar-refractivity contribution in [3.63, 3.8) is 0 Å². The zero-order valence-corrected chi connectivity index (χ0v) is 16.5. The van der Waals surface area contributed by atoms with E-state index in [2.05, 4.69) is 10.2 Å². The smallest absolute Gasteiger partial charge is 0.270 e. The molecule has 1 aliphatic rings. The summed E-state index contributed by atoms with van der Waals surface area (Å²) in [6.07, 6.45) is 0. The first-order valence-electron chi connectivity index (χ1n) is 8.93. The molecule has 1 saturated heterocycles. The van der Waals surface area contributed by atoms with E-state index in [0.717, 1.165) is 0 Å². The number of piperazine rings is 1. The van der Waals surface area contributed by atoms with Gasteiger partial charge in [0.05, 0.1) is 22.1 Å². The third-order valence-electron chi connectivity index (χ3n) is 4.45. The number of methoxy groups -OCH3 is 1. The van der Waals surface area contributed by atoms with E-state index in [9.17, 15) is 14.9 Å². The van der Waals surface area contributed by atoms with Crippen molar-refractivity contribution in [3.05, 3.63) is 51.0 Å². The Morgan fingerprint density at radius 1 is 1.17 bits per heavy atom. The van der Waals surface area contributed by atoms with Gasteiger partial charge in [-0.1, -0.05) is 11.6 Å². The van der Waals surface area contributed by atoms with Crippen molar-refractivity contribution in [2.75, 3.05) is 51.4 Å². The number of carbonyl (C=O) groups is 1. The lowest BCUT2D eigenvalue weighted by Gasteiger charge is -2.35. The van der Waals surface area contributed by atoms with E-state index in [0.29, 0.717) is 51.1 Å². The Labute approximate surface area is 172 Å². The molecule has 11 heteroatoms. The maximum absolute atomic E-state index is 12.8. The van der Waals surface area contributed by atoms with Gasteiger partial charge in [-0.3, -0.25) is 14.9 Å². The summed E-state index contributed by atoms with van der Waals surface area (Å²) in [6, 6.07) is 7.40. The zero-order chi connectivity index (χ0) is 20.8. The number of non-ortho nitro benzene ring substituents is 1. The fraction of sp³-hybridized carbons (Fsp3) is 0.389. The van der Waals surface area contributed by atoms with Crippen molar-refractivity contribution in [1.29, 1.82) is 0 Å². The summed E-state index contributed by atoms with van der Waals surface area (Å²) in [7, 11) is 1.59. The van der Waals surface area contributed by atoms with Crippen LogP contribution in [0.25, 0.3) is 0 Å². The number of benzene rings is 1. The predicted octanol–water partition coefficient (Wildman–Crippen LogP) is 2.03. The van der Waals surface area contributed by atoms with Crippen LogP contribution in [-0.4, -0.2) is 72.4 Å². The quantitative estimate of drug-likeness (QED) is 0.379. The van der Waals surface area contributed by atoms with E-state index in [-0.39, 0.29) is 22.2 Å². The summed E-state index contributed by atoms with van der Waals surface area (Å²) in [4.78, 5) is 26.8. The summed E-state index contributed by atoms with van der Waals surface area (Å²) >= 11 is 6.08. The number of carbonyl (C=O) groups excluding carboxylic acids is 1. The van der Waals surface area contributed by atoms with Gasteiger partial charge in [-0.15, -0.1) is 10.2 Å². The highest BCUT2D eigenvalue weighted by Gasteiger charge is 2.25. The van der Waals surface area contributed by atoms with Gasteiger partial charge < -0.3 is 19.3 Å². The predicted molar refractivity (Wildman–Crippen MR) is 106 cm³/mol. The lowest BCUT2D eigenvalue weighted by atomic mass is 10.1. The van der Waals surface area contributed by atoms with Gasteiger partial charge in [-0.05, 0) is 12.1 Å². The maximum Gasteiger partial charge on any atom is 0.270 e. The number of halogens is 1. The van der Waals surface area contributed by atoms with Crippen LogP contribution in [0.15, 0.2) is 30.3 Å². The first kappa shape index (κ1) is 20.7. The van der Waals surface area contributed by atoms with E-state index in [4.69, 9.17) is 21.1 Å². The Balaban J connectivity index is 1.60. The molecule has 154 valence electrons. The van der Waals surface area contributed by atoms with Crippen LogP contribution in [-0.2, 0) is 4.74 Å². The zero-order valence-electron chi connectivity index (χ0n) is 15.8. The van der Waals surface area contributed by atoms with Crippen molar-refractivity contribution < 1.29 is 19.2 Å². The molecule has 0 saturated carbocycles. The van der Waals surface area contributed by atoms with Crippen molar-refractivity contribution in [3.8, 4) is 5.88 Å². The molecule has 29 heavy (non-hydrogen) atoms. The standard InChI is InChI=1S/C18H20ClN5O5/c1-28-10-11-29-17-5-4-16(20-21-17)22-6-8-23(9-7-22)18(25)14-12-13(24(26)27)2-3-15(14)19/h2-5,12H,6-11H2,1H3. The van der Waals surface area contributed by atoms with Crippen molar-refractivity contribution >= 4 is 29.0 Å². The van der Waals surface area contributed by atoms with E-state index in [1.165, 1.54) is 18.2 Å². The van der Waals surface area contributed by atoms with Gasteiger partial charge in [-0.2, -0.15) is 0 Å². The van der Waals surface area contributed by atoms with E-state index >= 15 is 0 Å². The number of rotatable bonds is 7. The number of aromatic nitrogens is 2. The molecule has 2 heterocycles. The van der Waals surface area contributed by atoms with Crippen LogP contribution < -0.4 is 9.64 Å². The Bertz CT molecular complexity index is 871. The first-order chi connectivity index (χ1) is 14.0. The SMILES string of the molecule is COCCOc1ccc(N2CCN(C(=O)c3cc([N+](=O)[O-])ccc3Cl)CC2)nn1. The largest absolute Gasteiger partial charge is 0.474 e. The van der Waals surface area contributed by atoms with Crippen LogP contribution in [0.4, 0.5) is 11.5 Å². The fourth-order valence-electron chi connectivity index (χ4n) is 2.89. The van der Waals surface area contributed by atoms with Gasteiger partial charge in [0.1, 0.15) is 6.61 Å². The van der Waals surface area contributed by atoms with E-state index in [1.807, 2.05) is 11.0 Å². The Kier molecular flexibility index (Phi) is 6.78. The minimum absolute atomic E-state index is 0.131. The number of nitrogens with zero attached hydrogens (tertiary/aromatic N) is 5. The van der Waals surface area contributed by atoms with Crippen molar-refractivity contribution in [1.82, 2.24) is 15.1 Å². The Morgan fingerprint density at radius 3 is 2.55 bits per heavy atom. The summed E-state index contributed by atoms with van der Waals surface area (Å²) < 4.78 is 10.3. The van der Waals surface area contributed by atoms with Gasteiger partial charge in [0.15, 0.2) is 5.82 Å².